The molecule has 0 spiro atoms. The average molecular weight is 209 g/mol. The van der Waals surface area contributed by atoms with Gasteiger partial charge in [0, 0.05) is 5.70 Å². The van der Waals surface area contributed by atoms with E-state index >= 15 is 0 Å². The first kappa shape index (κ1) is 12.1. The molecule has 86 valence electrons. The van der Waals surface area contributed by atoms with Crippen molar-refractivity contribution in [3.63, 3.8) is 0 Å². The van der Waals surface area contributed by atoms with Gasteiger partial charge in [0.05, 0.1) is 6.04 Å². The van der Waals surface area contributed by atoms with Crippen LogP contribution in [0.3, 0.4) is 0 Å². The van der Waals surface area contributed by atoms with E-state index in [1.807, 2.05) is 0 Å². The van der Waals surface area contributed by atoms with Gasteiger partial charge in [0.15, 0.2) is 0 Å². The topological polar surface area (TPSA) is 64.4 Å². The van der Waals surface area contributed by atoms with Gasteiger partial charge in [-0.05, 0) is 24.8 Å². The number of hydrogen-bond acceptors (Lipinski definition) is 2. The molecule has 0 bridgehead atoms. The van der Waals surface area contributed by atoms with Crippen molar-refractivity contribution in [2.24, 2.45) is 22.4 Å². The summed E-state index contributed by atoms with van der Waals surface area (Å²) in [6, 6.07) is 0.426. The number of hydrogen-bond donors (Lipinski definition) is 2. The fraction of sp³-hybridized carbons (Fsp3) is 0.750. The van der Waals surface area contributed by atoms with Crippen LogP contribution in [0.4, 0.5) is 0 Å². The lowest BCUT2D eigenvalue weighted by Crippen LogP contribution is -2.19. The molecular weight excluding hydrogens is 186 g/mol. The highest BCUT2D eigenvalue weighted by molar-refractivity contribution is 5.92. The normalized spacial score (nSPS) is 21.0. The van der Waals surface area contributed by atoms with Crippen molar-refractivity contribution in [1.29, 1.82) is 0 Å². The van der Waals surface area contributed by atoms with E-state index in [-0.39, 0.29) is 0 Å². The molecule has 0 unspecified atom stereocenters. The second-order valence-corrected chi connectivity index (χ2v) is 4.64. The molecule has 1 fully saturated rings. The van der Waals surface area contributed by atoms with Crippen molar-refractivity contribution in [3.8, 4) is 0 Å². The fourth-order valence-corrected chi connectivity index (χ4v) is 1.80. The van der Waals surface area contributed by atoms with Gasteiger partial charge in [-0.1, -0.05) is 33.1 Å². The summed E-state index contributed by atoms with van der Waals surface area (Å²) >= 11 is 0. The van der Waals surface area contributed by atoms with Gasteiger partial charge in [-0.2, -0.15) is 0 Å². The van der Waals surface area contributed by atoms with Crippen molar-refractivity contribution in [2.75, 3.05) is 0 Å². The molecule has 0 aliphatic heterocycles. The molecule has 0 aromatic heterocycles. The molecule has 0 aromatic carbocycles. The Balaban J connectivity index is 2.54. The minimum atomic E-state index is 0.338. The largest absolute Gasteiger partial charge is 0.402 e. The summed E-state index contributed by atoms with van der Waals surface area (Å²) in [7, 11) is 0. The van der Waals surface area contributed by atoms with E-state index in [0.717, 1.165) is 5.70 Å². The van der Waals surface area contributed by atoms with E-state index in [0.29, 0.717) is 17.8 Å². The van der Waals surface area contributed by atoms with Crippen molar-refractivity contribution >= 4 is 5.84 Å². The molecule has 3 heteroatoms. The lowest BCUT2D eigenvalue weighted by molar-refractivity contribution is 0.443. The maximum atomic E-state index is 5.84. The monoisotopic (exact) mass is 209 g/mol. The van der Waals surface area contributed by atoms with Crippen LogP contribution in [0.25, 0.3) is 0 Å². The summed E-state index contributed by atoms with van der Waals surface area (Å²) in [5, 5.41) is 0. The molecule has 0 amide bonds. The molecule has 4 N–H and O–H groups in total. The lowest BCUT2D eigenvalue weighted by atomic mass is 9.96. The van der Waals surface area contributed by atoms with Gasteiger partial charge in [0.1, 0.15) is 5.84 Å². The highest BCUT2D eigenvalue weighted by Crippen LogP contribution is 2.20. The van der Waals surface area contributed by atoms with Crippen molar-refractivity contribution in [3.05, 3.63) is 11.8 Å². The zero-order valence-electron chi connectivity index (χ0n) is 9.87. The molecule has 1 saturated carbocycles. The van der Waals surface area contributed by atoms with Gasteiger partial charge >= 0.3 is 0 Å². The molecule has 0 aromatic rings. The van der Waals surface area contributed by atoms with E-state index < -0.39 is 0 Å². The maximum absolute atomic E-state index is 5.84. The molecule has 0 saturated heterocycles. The number of amidine groups is 1. The van der Waals surface area contributed by atoms with E-state index in [1.54, 1.807) is 6.08 Å². The fourth-order valence-electron chi connectivity index (χ4n) is 1.80. The molecule has 1 rings (SSSR count). The average Bonchev–Trinajstić information content (AvgIpc) is 2.18. The first-order chi connectivity index (χ1) is 7.09. The number of aliphatic imine (C=N–C) groups is 1. The second-order valence-electron chi connectivity index (χ2n) is 4.64. The highest BCUT2D eigenvalue weighted by Gasteiger charge is 2.11. The van der Waals surface area contributed by atoms with E-state index in [2.05, 4.69) is 18.8 Å². The third-order valence-corrected chi connectivity index (χ3v) is 2.89. The quantitative estimate of drug-likeness (QED) is 0.552. The van der Waals surface area contributed by atoms with Gasteiger partial charge in [0.25, 0.3) is 0 Å². The molecular formula is C12H23N3. The third kappa shape index (κ3) is 4.36. The highest BCUT2D eigenvalue weighted by atomic mass is 14.9. The standard InChI is InChI=1S/C12H23N3/c1-9(2)11(13)8-12(14)15-10-6-4-3-5-7-10/h8-10H,3-7,13H2,1-2H3,(H2,14,15). The summed E-state index contributed by atoms with van der Waals surface area (Å²) < 4.78 is 0. The summed E-state index contributed by atoms with van der Waals surface area (Å²) in [5.41, 5.74) is 12.5. The van der Waals surface area contributed by atoms with Crippen LogP contribution in [0.2, 0.25) is 0 Å². The lowest BCUT2D eigenvalue weighted by Gasteiger charge is -2.17. The van der Waals surface area contributed by atoms with Crippen LogP contribution < -0.4 is 11.5 Å². The summed E-state index contributed by atoms with van der Waals surface area (Å²) in [5.74, 6) is 0.929. The SMILES string of the molecule is CC(C)C(N)=CC(N)=NC1CCCCC1. The molecule has 15 heavy (non-hydrogen) atoms. The Hall–Kier alpha value is -0.990. The minimum absolute atomic E-state index is 0.338. The van der Waals surface area contributed by atoms with Crippen molar-refractivity contribution in [2.45, 2.75) is 52.0 Å². The predicted molar refractivity (Wildman–Crippen MR) is 65.6 cm³/mol. The summed E-state index contributed by atoms with van der Waals surface area (Å²) in [6.07, 6.45) is 8.07. The molecule has 1 aliphatic carbocycles. The second kappa shape index (κ2) is 5.79. The van der Waals surface area contributed by atoms with E-state index in [1.165, 1.54) is 32.1 Å². The van der Waals surface area contributed by atoms with Crippen molar-refractivity contribution in [1.82, 2.24) is 0 Å². The zero-order chi connectivity index (χ0) is 11.3. The van der Waals surface area contributed by atoms with Gasteiger partial charge < -0.3 is 11.5 Å². The predicted octanol–water partition coefficient (Wildman–Crippen LogP) is 2.17. The Labute approximate surface area is 92.6 Å². The van der Waals surface area contributed by atoms with Gasteiger partial charge in [-0.3, -0.25) is 4.99 Å². The minimum Gasteiger partial charge on any atom is -0.402 e. The number of nitrogens with two attached hydrogens (primary N) is 2. The van der Waals surface area contributed by atoms with Crippen molar-refractivity contribution < 1.29 is 0 Å². The molecule has 1 aliphatic rings. The van der Waals surface area contributed by atoms with Crippen LogP contribution in [-0.2, 0) is 0 Å². The summed E-state index contributed by atoms with van der Waals surface area (Å²) in [6.45, 7) is 4.11. The van der Waals surface area contributed by atoms with Crippen LogP contribution in [0.5, 0.6) is 0 Å². The van der Waals surface area contributed by atoms with Gasteiger partial charge in [-0.15, -0.1) is 0 Å². The Morgan fingerprint density at radius 3 is 2.33 bits per heavy atom. The van der Waals surface area contributed by atoms with Crippen LogP contribution in [-0.4, -0.2) is 11.9 Å². The van der Waals surface area contributed by atoms with E-state index in [9.17, 15) is 0 Å². The van der Waals surface area contributed by atoms with Crippen LogP contribution >= 0.6 is 0 Å². The number of rotatable bonds is 3. The first-order valence-electron chi connectivity index (χ1n) is 5.90. The number of allylic oxidation sites excluding steroid dienone is 1. The van der Waals surface area contributed by atoms with Gasteiger partial charge in [0.2, 0.25) is 0 Å². The molecule has 3 nitrogen and oxygen atoms in total. The Morgan fingerprint density at radius 1 is 1.20 bits per heavy atom. The maximum Gasteiger partial charge on any atom is 0.120 e. The molecule has 0 radical (unpaired) electrons. The van der Waals surface area contributed by atoms with Crippen LogP contribution in [0.15, 0.2) is 16.8 Å². The molecule has 0 atom stereocenters. The van der Waals surface area contributed by atoms with Crippen LogP contribution in [0.1, 0.15) is 46.0 Å². The third-order valence-electron chi connectivity index (χ3n) is 2.89. The molecule has 0 heterocycles. The first-order valence-corrected chi connectivity index (χ1v) is 5.90. The zero-order valence-corrected chi connectivity index (χ0v) is 9.87. The Morgan fingerprint density at radius 2 is 1.80 bits per heavy atom. The number of nitrogens with zero attached hydrogens (tertiary/aromatic N) is 1. The van der Waals surface area contributed by atoms with E-state index in [4.69, 9.17) is 11.5 Å². The van der Waals surface area contributed by atoms with Crippen LogP contribution in [0, 0.1) is 5.92 Å². The Bertz CT molecular complexity index is 248. The Kier molecular flexibility index (Phi) is 4.66. The smallest absolute Gasteiger partial charge is 0.120 e. The summed E-state index contributed by atoms with van der Waals surface area (Å²) in [4.78, 5) is 4.50. The van der Waals surface area contributed by atoms with Gasteiger partial charge in [-0.25, -0.2) is 0 Å².